The lowest BCUT2D eigenvalue weighted by Crippen LogP contribution is -2.32. The minimum Gasteiger partial charge on any atom is -0.352 e. The molecular weight excluding hydrogens is 382 g/mol. The summed E-state index contributed by atoms with van der Waals surface area (Å²) >= 11 is 5.10. The largest absolute Gasteiger partial charge is 0.352 e. The standard InChI is InChI=1S/C22H23N5OS/c1-14(2)15-4-3-5-18(10-15)25-21(28)16-6-8-23-20(11-16)27-9-7-19-17(13-27)12-24-22(29)26-19/h3-6,8,10-12,14H,7,9,13H2,1-2H3,(H,25,28)(H,24,26,29). The van der Waals surface area contributed by atoms with Crippen molar-refractivity contribution in [1.82, 2.24) is 15.0 Å². The molecule has 148 valence electrons. The highest BCUT2D eigenvalue weighted by molar-refractivity contribution is 7.71. The van der Waals surface area contributed by atoms with Crippen LogP contribution in [0.2, 0.25) is 0 Å². The first-order valence-corrected chi connectivity index (χ1v) is 10.1. The summed E-state index contributed by atoms with van der Waals surface area (Å²) in [6.45, 7) is 5.75. The molecule has 2 N–H and O–H groups in total. The Hall–Kier alpha value is -3.06. The van der Waals surface area contributed by atoms with Crippen molar-refractivity contribution in [2.24, 2.45) is 0 Å². The maximum Gasteiger partial charge on any atom is 0.255 e. The number of aromatic amines is 1. The van der Waals surface area contributed by atoms with Crippen LogP contribution in [-0.4, -0.2) is 27.4 Å². The summed E-state index contributed by atoms with van der Waals surface area (Å²) < 4.78 is 0.510. The van der Waals surface area contributed by atoms with Crippen LogP contribution in [0.15, 0.2) is 48.8 Å². The molecule has 0 aliphatic carbocycles. The van der Waals surface area contributed by atoms with Crippen molar-refractivity contribution in [3.05, 3.63) is 75.9 Å². The number of H-pyrrole nitrogens is 1. The van der Waals surface area contributed by atoms with Crippen LogP contribution < -0.4 is 10.2 Å². The molecule has 4 rings (SSSR count). The van der Waals surface area contributed by atoms with Gasteiger partial charge in [0.2, 0.25) is 0 Å². The Morgan fingerprint density at radius 1 is 1.24 bits per heavy atom. The number of amides is 1. The highest BCUT2D eigenvalue weighted by Gasteiger charge is 2.19. The molecule has 1 aliphatic rings. The molecule has 0 bridgehead atoms. The van der Waals surface area contributed by atoms with E-state index in [-0.39, 0.29) is 5.91 Å². The Kier molecular flexibility index (Phi) is 5.40. The van der Waals surface area contributed by atoms with E-state index in [0.717, 1.165) is 35.7 Å². The van der Waals surface area contributed by atoms with Gasteiger partial charge in [0, 0.05) is 54.4 Å². The molecule has 0 fully saturated rings. The zero-order valence-electron chi connectivity index (χ0n) is 16.5. The molecule has 6 nitrogen and oxygen atoms in total. The first-order valence-electron chi connectivity index (χ1n) is 9.69. The number of anilines is 2. The van der Waals surface area contributed by atoms with E-state index < -0.39 is 0 Å². The second-order valence-corrected chi connectivity index (χ2v) is 7.89. The SMILES string of the molecule is CC(C)c1cccc(NC(=O)c2ccnc(N3CCc4[nH]c(=S)ncc4C3)c2)c1. The maximum atomic E-state index is 12.8. The van der Waals surface area contributed by atoms with Gasteiger partial charge in [-0.15, -0.1) is 0 Å². The first-order chi connectivity index (χ1) is 14.0. The molecule has 0 unspecified atom stereocenters. The third-order valence-electron chi connectivity index (χ3n) is 5.12. The van der Waals surface area contributed by atoms with Crippen molar-refractivity contribution in [3.8, 4) is 0 Å². The van der Waals surface area contributed by atoms with Gasteiger partial charge < -0.3 is 15.2 Å². The Balaban J connectivity index is 1.51. The number of hydrogen-bond acceptors (Lipinski definition) is 5. The fourth-order valence-electron chi connectivity index (χ4n) is 3.45. The fraction of sp³-hybridized carbons (Fsp3) is 0.273. The van der Waals surface area contributed by atoms with Crippen LogP contribution in [0.3, 0.4) is 0 Å². The van der Waals surface area contributed by atoms with Crippen molar-refractivity contribution < 1.29 is 4.79 Å². The number of benzene rings is 1. The van der Waals surface area contributed by atoms with E-state index in [9.17, 15) is 4.79 Å². The van der Waals surface area contributed by atoms with E-state index in [2.05, 4.69) is 45.1 Å². The van der Waals surface area contributed by atoms with Crippen LogP contribution in [0.5, 0.6) is 0 Å². The van der Waals surface area contributed by atoms with Crippen molar-refractivity contribution in [1.29, 1.82) is 0 Å². The predicted molar refractivity (Wildman–Crippen MR) is 117 cm³/mol. The average Bonchev–Trinajstić information content (AvgIpc) is 2.73. The normalized spacial score (nSPS) is 13.3. The van der Waals surface area contributed by atoms with Gasteiger partial charge in [-0.25, -0.2) is 9.97 Å². The first kappa shape index (κ1) is 19.3. The van der Waals surface area contributed by atoms with Gasteiger partial charge in [-0.2, -0.15) is 0 Å². The summed E-state index contributed by atoms with van der Waals surface area (Å²) in [5.41, 5.74) is 4.80. The second kappa shape index (κ2) is 8.13. The zero-order chi connectivity index (χ0) is 20.4. The summed E-state index contributed by atoms with van der Waals surface area (Å²) in [6.07, 6.45) is 4.33. The third kappa shape index (κ3) is 4.35. The van der Waals surface area contributed by atoms with E-state index in [1.165, 1.54) is 5.56 Å². The molecule has 0 radical (unpaired) electrons. The lowest BCUT2D eigenvalue weighted by Gasteiger charge is -2.29. The second-order valence-electron chi connectivity index (χ2n) is 7.50. The molecule has 29 heavy (non-hydrogen) atoms. The van der Waals surface area contributed by atoms with Crippen LogP contribution >= 0.6 is 12.2 Å². The molecular formula is C22H23N5OS. The summed E-state index contributed by atoms with van der Waals surface area (Å²) in [5.74, 6) is 1.05. The van der Waals surface area contributed by atoms with Crippen molar-refractivity contribution in [2.45, 2.75) is 32.7 Å². The van der Waals surface area contributed by atoms with Crippen molar-refractivity contribution >= 4 is 29.6 Å². The summed E-state index contributed by atoms with van der Waals surface area (Å²) in [5, 5.41) is 2.99. The quantitative estimate of drug-likeness (QED) is 0.627. The van der Waals surface area contributed by atoms with E-state index >= 15 is 0 Å². The average molecular weight is 406 g/mol. The number of hydrogen-bond donors (Lipinski definition) is 2. The summed E-state index contributed by atoms with van der Waals surface area (Å²) in [7, 11) is 0. The summed E-state index contributed by atoms with van der Waals surface area (Å²) in [6, 6.07) is 11.5. The topological polar surface area (TPSA) is 73.9 Å². The molecule has 0 atom stereocenters. The van der Waals surface area contributed by atoms with E-state index in [1.807, 2.05) is 30.5 Å². The van der Waals surface area contributed by atoms with Gasteiger partial charge in [-0.05, 0) is 48.0 Å². The molecule has 3 heterocycles. The minimum atomic E-state index is -0.141. The Morgan fingerprint density at radius 2 is 2.10 bits per heavy atom. The third-order valence-corrected chi connectivity index (χ3v) is 5.33. The molecule has 3 aromatic rings. The molecule has 1 aliphatic heterocycles. The van der Waals surface area contributed by atoms with Gasteiger partial charge in [0.15, 0.2) is 4.77 Å². The number of nitrogens with zero attached hydrogens (tertiary/aromatic N) is 3. The Bertz CT molecular complexity index is 1110. The number of carbonyl (C=O) groups excluding carboxylic acids is 1. The van der Waals surface area contributed by atoms with Crippen LogP contribution in [-0.2, 0) is 13.0 Å². The lowest BCUT2D eigenvalue weighted by molar-refractivity contribution is 0.102. The Labute approximate surface area is 175 Å². The molecule has 7 heteroatoms. The molecule has 1 amide bonds. The van der Waals surface area contributed by atoms with Crippen LogP contribution in [0.25, 0.3) is 0 Å². The molecule has 2 aromatic heterocycles. The molecule has 0 spiro atoms. The predicted octanol–water partition coefficient (Wildman–Crippen LogP) is 4.47. The molecule has 0 saturated carbocycles. The van der Waals surface area contributed by atoms with Gasteiger partial charge in [0.25, 0.3) is 5.91 Å². The van der Waals surface area contributed by atoms with E-state index in [4.69, 9.17) is 12.2 Å². The fourth-order valence-corrected chi connectivity index (χ4v) is 3.63. The maximum absolute atomic E-state index is 12.8. The van der Waals surface area contributed by atoms with Gasteiger partial charge in [-0.3, -0.25) is 4.79 Å². The smallest absolute Gasteiger partial charge is 0.255 e. The van der Waals surface area contributed by atoms with Gasteiger partial charge >= 0.3 is 0 Å². The number of fused-ring (bicyclic) bond motifs is 1. The number of carbonyl (C=O) groups is 1. The highest BCUT2D eigenvalue weighted by atomic mass is 32.1. The molecule has 1 aromatic carbocycles. The van der Waals surface area contributed by atoms with Crippen LogP contribution in [0, 0.1) is 4.77 Å². The number of aromatic nitrogens is 3. The van der Waals surface area contributed by atoms with E-state index in [0.29, 0.717) is 22.8 Å². The van der Waals surface area contributed by atoms with Gasteiger partial charge in [-0.1, -0.05) is 26.0 Å². The minimum absolute atomic E-state index is 0.141. The highest BCUT2D eigenvalue weighted by Crippen LogP contribution is 2.23. The van der Waals surface area contributed by atoms with Gasteiger partial charge in [0.1, 0.15) is 5.82 Å². The van der Waals surface area contributed by atoms with Crippen LogP contribution in [0.1, 0.15) is 46.9 Å². The number of pyridine rings is 1. The van der Waals surface area contributed by atoms with Gasteiger partial charge in [0.05, 0.1) is 0 Å². The van der Waals surface area contributed by atoms with Crippen molar-refractivity contribution in [2.75, 3.05) is 16.8 Å². The lowest BCUT2D eigenvalue weighted by atomic mass is 10.0. The Morgan fingerprint density at radius 3 is 2.93 bits per heavy atom. The molecule has 0 saturated heterocycles. The number of nitrogens with one attached hydrogen (secondary N) is 2. The monoisotopic (exact) mass is 405 g/mol. The van der Waals surface area contributed by atoms with E-state index in [1.54, 1.807) is 12.3 Å². The summed E-state index contributed by atoms with van der Waals surface area (Å²) in [4.78, 5) is 26.7. The number of rotatable bonds is 4. The van der Waals surface area contributed by atoms with Crippen molar-refractivity contribution in [3.63, 3.8) is 0 Å². The van der Waals surface area contributed by atoms with Crippen LogP contribution in [0.4, 0.5) is 11.5 Å². The zero-order valence-corrected chi connectivity index (χ0v) is 17.3.